The number of hydrogen-bond acceptors (Lipinski definition) is 6. The van der Waals surface area contributed by atoms with E-state index in [0.717, 1.165) is 16.9 Å². The Labute approximate surface area is 208 Å². The number of methoxy groups -OCH3 is 1. The summed E-state index contributed by atoms with van der Waals surface area (Å²) in [5.41, 5.74) is -2.41. The molecule has 3 atom stereocenters. The van der Waals surface area contributed by atoms with Crippen molar-refractivity contribution in [1.29, 1.82) is 0 Å². The summed E-state index contributed by atoms with van der Waals surface area (Å²) in [6.45, 7) is 0.250. The van der Waals surface area contributed by atoms with Crippen LogP contribution in [-0.4, -0.2) is 35.0 Å². The monoisotopic (exact) mass is 522 g/mol. The maximum absolute atomic E-state index is 14.1. The van der Waals surface area contributed by atoms with Crippen molar-refractivity contribution >= 4 is 34.5 Å². The zero-order chi connectivity index (χ0) is 25.2. The summed E-state index contributed by atoms with van der Waals surface area (Å²) in [6, 6.07) is 15.6. The summed E-state index contributed by atoms with van der Waals surface area (Å²) in [6.07, 6.45) is -5.20. The molecule has 3 N–H and O–H groups in total. The van der Waals surface area contributed by atoms with Crippen LogP contribution in [0.2, 0.25) is 0 Å². The molecule has 35 heavy (non-hydrogen) atoms. The molecule has 1 aliphatic heterocycles. The highest BCUT2D eigenvalue weighted by Gasteiger charge is 2.65. The molecular formula is C24H21F3N2O4S2. The Kier molecular flexibility index (Phi) is 7.02. The summed E-state index contributed by atoms with van der Waals surface area (Å²) in [7, 11) is 1.40. The molecule has 1 aromatic heterocycles. The molecule has 0 radical (unpaired) electrons. The summed E-state index contributed by atoms with van der Waals surface area (Å²) in [5.74, 6) is -2.24. The maximum Gasteiger partial charge on any atom is 0.437 e. The predicted octanol–water partition coefficient (Wildman–Crippen LogP) is 4.60. The second-order valence-corrected chi connectivity index (χ2v) is 9.20. The Morgan fingerprint density at radius 2 is 1.89 bits per heavy atom. The fraction of sp³-hybridized carbons (Fsp3) is 0.250. The Balaban J connectivity index is 1.72. The molecule has 2 heterocycles. The molecule has 1 saturated heterocycles. The number of rotatable bonds is 7. The van der Waals surface area contributed by atoms with Crippen LogP contribution in [-0.2, 0) is 6.61 Å². The summed E-state index contributed by atoms with van der Waals surface area (Å²) in [4.78, 5) is 13.3. The van der Waals surface area contributed by atoms with Crippen molar-refractivity contribution in [2.45, 2.75) is 24.6 Å². The highest BCUT2D eigenvalue weighted by molar-refractivity contribution is 7.80. The van der Waals surface area contributed by atoms with Crippen LogP contribution in [0.5, 0.6) is 11.5 Å². The number of ether oxygens (including phenoxy) is 2. The Bertz CT molecular complexity index is 1210. The molecule has 184 valence electrons. The van der Waals surface area contributed by atoms with Crippen molar-refractivity contribution in [2.75, 3.05) is 7.11 Å². The third-order valence-electron chi connectivity index (χ3n) is 5.64. The minimum atomic E-state index is -5.20. The molecule has 0 bridgehead atoms. The van der Waals surface area contributed by atoms with Crippen LogP contribution in [0.15, 0.2) is 66.0 Å². The van der Waals surface area contributed by atoms with Gasteiger partial charge in [-0.05, 0) is 46.9 Å². The van der Waals surface area contributed by atoms with Gasteiger partial charge in [0.2, 0.25) is 5.72 Å². The number of carbonyl (C=O) groups excluding carboxylic acids is 1. The van der Waals surface area contributed by atoms with Crippen LogP contribution in [0, 0.1) is 5.92 Å². The molecule has 6 nitrogen and oxygen atoms in total. The molecule has 1 aliphatic rings. The van der Waals surface area contributed by atoms with E-state index in [1.807, 2.05) is 35.6 Å². The lowest BCUT2D eigenvalue weighted by Gasteiger charge is -2.46. The average Bonchev–Trinajstić information content (AvgIpc) is 3.37. The van der Waals surface area contributed by atoms with Gasteiger partial charge in [0.15, 0.2) is 22.4 Å². The standard InChI is InChI=1S/C24H21F3N2O4S2/c1-32-17-12-15(9-10-16(17)33-13-14-6-3-2-4-7-14)20-19(21(30)18-8-5-11-35-18)23(31,24(25,26)27)29-22(34)28-20/h2-12,19-20,31H,13H2,1H3,(H2,28,29,34)/t19-,20-,23-/m0/s1. The maximum atomic E-state index is 14.1. The third kappa shape index (κ3) is 4.97. The van der Waals surface area contributed by atoms with Crippen molar-refractivity contribution in [3.05, 3.63) is 82.0 Å². The molecule has 0 spiro atoms. The first-order valence-corrected chi connectivity index (χ1v) is 11.7. The van der Waals surface area contributed by atoms with E-state index < -0.39 is 34.8 Å². The number of aliphatic hydroxyl groups is 1. The van der Waals surface area contributed by atoms with Crippen LogP contribution in [0.4, 0.5) is 13.2 Å². The molecular weight excluding hydrogens is 501 g/mol. The van der Waals surface area contributed by atoms with Gasteiger partial charge in [0.05, 0.1) is 18.0 Å². The predicted molar refractivity (Wildman–Crippen MR) is 129 cm³/mol. The van der Waals surface area contributed by atoms with Gasteiger partial charge in [0.1, 0.15) is 12.5 Å². The molecule has 2 aromatic carbocycles. The van der Waals surface area contributed by atoms with Crippen LogP contribution in [0.25, 0.3) is 0 Å². The molecule has 0 unspecified atom stereocenters. The Morgan fingerprint density at radius 3 is 2.51 bits per heavy atom. The highest BCUT2D eigenvalue weighted by Crippen LogP contribution is 2.45. The van der Waals surface area contributed by atoms with Gasteiger partial charge in [-0.15, -0.1) is 11.3 Å². The average molecular weight is 523 g/mol. The fourth-order valence-corrected chi connectivity index (χ4v) is 4.91. The largest absolute Gasteiger partial charge is 0.493 e. The van der Waals surface area contributed by atoms with Gasteiger partial charge in [-0.3, -0.25) is 4.79 Å². The molecule has 0 saturated carbocycles. The lowest BCUT2D eigenvalue weighted by molar-refractivity contribution is -0.285. The molecule has 4 rings (SSSR count). The van der Waals surface area contributed by atoms with Crippen LogP contribution in [0.1, 0.15) is 26.8 Å². The number of benzene rings is 2. The minimum absolute atomic E-state index is 0.0777. The third-order valence-corrected chi connectivity index (χ3v) is 6.74. The first-order chi connectivity index (χ1) is 16.6. The van der Waals surface area contributed by atoms with E-state index in [-0.39, 0.29) is 22.8 Å². The summed E-state index contributed by atoms with van der Waals surface area (Å²) < 4.78 is 53.6. The Hall–Kier alpha value is -3.15. The van der Waals surface area contributed by atoms with E-state index in [9.17, 15) is 23.1 Å². The molecule has 0 amide bonds. The molecule has 11 heteroatoms. The number of thiocarbonyl (C=S) groups is 1. The van der Waals surface area contributed by atoms with Crippen molar-refractivity contribution in [3.63, 3.8) is 0 Å². The molecule has 3 aromatic rings. The first-order valence-electron chi connectivity index (χ1n) is 10.4. The van der Waals surface area contributed by atoms with Gasteiger partial charge in [0, 0.05) is 0 Å². The van der Waals surface area contributed by atoms with Gasteiger partial charge < -0.3 is 25.2 Å². The van der Waals surface area contributed by atoms with Crippen molar-refractivity contribution in [3.8, 4) is 11.5 Å². The van der Waals surface area contributed by atoms with Crippen molar-refractivity contribution in [1.82, 2.24) is 10.6 Å². The van der Waals surface area contributed by atoms with E-state index in [1.165, 1.54) is 25.3 Å². The lowest BCUT2D eigenvalue weighted by atomic mass is 9.78. The van der Waals surface area contributed by atoms with Gasteiger partial charge in [-0.25, -0.2) is 0 Å². The van der Waals surface area contributed by atoms with Crippen molar-refractivity contribution < 1.29 is 32.5 Å². The van der Waals surface area contributed by atoms with Crippen LogP contribution < -0.4 is 20.1 Å². The number of alkyl halides is 3. The zero-order valence-electron chi connectivity index (χ0n) is 18.3. The van der Waals surface area contributed by atoms with E-state index in [2.05, 4.69) is 5.32 Å². The van der Waals surface area contributed by atoms with E-state index in [4.69, 9.17) is 21.7 Å². The number of thiophene rings is 1. The zero-order valence-corrected chi connectivity index (χ0v) is 20.0. The number of hydrogen-bond donors (Lipinski definition) is 3. The van der Waals surface area contributed by atoms with E-state index in [1.54, 1.807) is 17.5 Å². The second-order valence-electron chi connectivity index (χ2n) is 7.84. The normalized spacial score (nSPS) is 22.1. The van der Waals surface area contributed by atoms with Gasteiger partial charge in [-0.1, -0.05) is 42.5 Å². The van der Waals surface area contributed by atoms with Crippen molar-refractivity contribution in [2.24, 2.45) is 5.92 Å². The quantitative estimate of drug-likeness (QED) is 0.309. The van der Waals surface area contributed by atoms with Crippen LogP contribution in [0.3, 0.4) is 0 Å². The highest BCUT2D eigenvalue weighted by atomic mass is 32.1. The smallest absolute Gasteiger partial charge is 0.437 e. The fourth-order valence-electron chi connectivity index (χ4n) is 3.92. The van der Waals surface area contributed by atoms with Gasteiger partial charge >= 0.3 is 6.18 Å². The Morgan fingerprint density at radius 1 is 1.14 bits per heavy atom. The summed E-state index contributed by atoms with van der Waals surface area (Å²) in [5, 5.41) is 16.5. The number of nitrogens with one attached hydrogen (secondary N) is 2. The molecule has 0 aliphatic carbocycles. The second kappa shape index (κ2) is 9.84. The van der Waals surface area contributed by atoms with Gasteiger partial charge in [-0.2, -0.15) is 13.2 Å². The minimum Gasteiger partial charge on any atom is -0.493 e. The topological polar surface area (TPSA) is 79.8 Å². The number of ketones is 1. The molecule has 1 fully saturated rings. The SMILES string of the molecule is COc1cc([C@@H]2NC(=S)N[C@@](O)(C(F)(F)F)[C@@H]2C(=O)c2cccs2)ccc1OCc1ccccc1. The van der Waals surface area contributed by atoms with Gasteiger partial charge in [0.25, 0.3) is 0 Å². The summed E-state index contributed by atoms with van der Waals surface area (Å²) >= 11 is 5.96. The number of Topliss-reactive ketones (excluding diaryl/α,β-unsaturated/α-hetero) is 1. The lowest BCUT2D eigenvalue weighted by Crippen LogP contribution is -2.72. The number of carbonyl (C=O) groups is 1. The number of halogens is 3. The first kappa shape index (κ1) is 25.0. The van der Waals surface area contributed by atoms with E-state index >= 15 is 0 Å². The van der Waals surface area contributed by atoms with E-state index in [0.29, 0.717) is 5.75 Å². The van der Waals surface area contributed by atoms with Crippen LogP contribution >= 0.6 is 23.6 Å².